The van der Waals surface area contributed by atoms with Gasteiger partial charge in [0.15, 0.2) is 0 Å². The zero-order valence-electron chi connectivity index (χ0n) is 15.6. The molecule has 4 bridgehead atoms. The molecule has 1 aliphatic heterocycles. The summed E-state index contributed by atoms with van der Waals surface area (Å²) in [5.41, 5.74) is 3.59. The Balaban J connectivity index is 0.00000196. The van der Waals surface area contributed by atoms with Gasteiger partial charge in [-0.05, 0) is 62.2 Å². The molecule has 3 nitrogen and oxygen atoms in total. The molecule has 3 atom stereocenters. The average molecular weight is 395 g/mol. The van der Waals surface area contributed by atoms with Crippen molar-refractivity contribution in [2.45, 2.75) is 71.0 Å². The predicted octanol–water partition coefficient (Wildman–Crippen LogP) is 4.14. The lowest BCUT2D eigenvalue weighted by Gasteiger charge is -2.62. The van der Waals surface area contributed by atoms with Crippen LogP contribution in [0, 0.1) is 28.1 Å². The van der Waals surface area contributed by atoms with Crippen LogP contribution in [0.2, 0.25) is 0 Å². The first-order valence-corrected chi connectivity index (χ1v) is 9.58. The number of carbonyl (C=O) groups is 1. The molecule has 2 N–H and O–H groups in total. The summed E-state index contributed by atoms with van der Waals surface area (Å²) in [5, 5.41) is 0. The number of nitrogens with two attached hydrogens (primary N) is 1. The summed E-state index contributed by atoms with van der Waals surface area (Å²) in [7, 11) is 0. The summed E-state index contributed by atoms with van der Waals surface area (Å²) >= 11 is 0. The normalized spacial score (nSPS) is 43.9. The number of amides is 1. The van der Waals surface area contributed by atoms with Crippen LogP contribution in [0.4, 0.5) is 13.2 Å². The smallest absolute Gasteiger partial charge is 0.342 e. The minimum Gasteiger partial charge on any atom is -0.342 e. The molecule has 7 heteroatoms. The van der Waals surface area contributed by atoms with Crippen molar-refractivity contribution in [1.29, 1.82) is 0 Å². The summed E-state index contributed by atoms with van der Waals surface area (Å²) in [4.78, 5) is 15.3. The zero-order valence-corrected chi connectivity index (χ0v) is 16.4. The molecule has 0 spiro atoms. The Morgan fingerprint density at radius 2 is 1.69 bits per heavy atom. The summed E-state index contributed by atoms with van der Waals surface area (Å²) in [6, 6.07) is 0.0365. The van der Waals surface area contributed by atoms with Gasteiger partial charge in [-0.1, -0.05) is 13.8 Å². The van der Waals surface area contributed by atoms with Crippen LogP contribution in [0.1, 0.15) is 58.8 Å². The van der Waals surface area contributed by atoms with Crippen molar-refractivity contribution < 1.29 is 18.0 Å². The van der Waals surface area contributed by atoms with Gasteiger partial charge in [-0.3, -0.25) is 4.79 Å². The van der Waals surface area contributed by atoms with Crippen LogP contribution >= 0.6 is 12.4 Å². The Bertz CT molecular complexity index is 578. The molecule has 1 heterocycles. The summed E-state index contributed by atoms with van der Waals surface area (Å²) < 4.78 is 41.7. The lowest BCUT2D eigenvalue weighted by atomic mass is 9.43. The summed E-state index contributed by atoms with van der Waals surface area (Å²) in [6.45, 7) is 5.24. The first-order valence-electron chi connectivity index (χ1n) is 9.58. The molecule has 1 amide bonds. The second kappa shape index (κ2) is 6.00. The Labute approximate surface area is 159 Å². The molecule has 5 rings (SSSR count). The molecular formula is C19H30ClF3N2O. The minimum absolute atomic E-state index is 0. The van der Waals surface area contributed by atoms with Crippen molar-refractivity contribution in [1.82, 2.24) is 4.90 Å². The highest BCUT2D eigenvalue weighted by atomic mass is 35.5. The van der Waals surface area contributed by atoms with E-state index in [0.717, 1.165) is 12.8 Å². The topological polar surface area (TPSA) is 46.3 Å². The molecule has 0 aromatic heterocycles. The van der Waals surface area contributed by atoms with Crippen molar-refractivity contribution in [2.75, 3.05) is 13.1 Å². The number of nitrogens with zero attached hydrogens (tertiary/aromatic N) is 1. The largest absolute Gasteiger partial charge is 0.394 e. The Morgan fingerprint density at radius 3 is 2.19 bits per heavy atom. The highest BCUT2D eigenvalue weighted by Crippen LogP contribution is 2.69. The highest BCUT2D eigenvalue weighted by Gasteiger charge is 2.69. The highest BCUT2D eigenvalue weighted by molar-refractivity contribution is 5.85. The van der Waals surface area contributed by atoms with E-state index in [-0.39, 0.29) is 60.9 Å². The Kier molecular flexibility index (Phi) is 4.67. The maximum absolute atomic E-state index is 13.9. The van der Waals surface area contributed by atoms with E-state index in [9.17, 15) is 18.0 Å². The fourth-order valence-electron chi connectivity index (χ4n) is 6.73. The van der Waals surface area contributed by atoms with E-state index in [1.807, 2.05) is 18.7 Å². The molecule has 3 unspecified atom stereocenters. The predicted molar refractivity (Wildman–Crippen MR) is 95.8 cm³/mol. The molecule has 0 radical (unpaired) electrons. The average Bonchev–Trinajstić information content (AvgIpc) is 2.47. The van der Waals surface area contributed by atoms with Crippen molar-refractivity contribution in [3.05, 3.63) is 0 Å². The maximum Gasteiger partial charge on any atom is 0.394 e. The van der Waals surface area contributed by atoms with Gasteiger partial charge >= 0.3 is 6.18 Å². The van der Waals surface area contributed by atoms with Gasteiger partial charge in [-0.2, -0.15) is 13.2 Å². The van der Waals surface area contributed by atoms with Gasteiger partial charge in [-0.15, -0.1) is 12.4 Å². The summed E-state index contributed by atoms with van der Waals surface area (Å²) in [6.07, 6.45) is -0.795. The van der Waals surface area contributed by atoms with Crippen molar-refractivity contribution >= 4 is 18.3 Å². The van der Waals surface area contributed by atoms with Crippen LogP contribution in [0.3, 0.4) is 0 Å². The number of rotatable bonds is 1. The molecular weight excluding hydrogens is 365 g/mol. The second-order valence-electron chi connectivity index (χ2n) is 10.1. The number of hydrogen-bond acceptors (Lipinski definition) is 2. The van der Waals surface area contributed by atoms with Gasteiger partial charge in [0.25, 0.3) is 0 Å². The number of likely N-dealkylation sites (tertiary alicyclic amines) is 1. The molecule has 26 heavy (non-hydrogen) atoms. The molecule has 0 aromatic carbocycles. The van der Waals surface area contributed by atoms with Crippen LogP contribution in [0.15, 0.2) is 0 Å². The van der Waals surface area contributed by atoms with E-state index in [1.54, 1.807) is 0 Å². The molecule has 1 saturated heterocycles. The van der Waals surface area contributed by atoms with Crippen molar-refractivity contribution in [3.8, 4) is 0 Å². The summed E-state index contributed by atoms with van der Waals surface area (Å²) in [5.74, 6) is 0.106. The minimum atomic E-state index is -4.19. The zero-order chi connectivity index (χ0) is 18.3. The first kappa shape index (κ1) is 20.2. The van der Waals surface area contributed by atoms with Crippen LogP contribution in [-0.4, -0.2) is 36.1 Å². The molecule has 5 aliphatic rings. The molecule has 4 saturated carbocycles. The van der Waals surface area contributed by atoms with Crippen LogP contribution in [0.25, 0.3) is 0 Å². The fourth-order valence-corrected chi connectivity index (χ4v) is 6.73. The van der Waals surface area contributed by atoms with Gasteiger partial charge in [0.05, 0.1) is 10.8 Å². The van der Waals surface area contributed by atoms with E-state index in [0.29, 0.717) is 25.9 Å². The number of carbonyl (C=O) groups excluding carboxylic acids is 1. The standard InChI is InChI=1S/C19H29F3N2O.ClH/c1-16(2)11-24(4-3-14(16)23)15(25)17-6-12-5-13(7-17)9-18(8-12,10-17)19(20,21)22;/h12-14H,3-11,23H2,1-2H3;1H. The van der Waals surface area contributed by atoms with E-state index in [4.69, 9.17) is 5.73 Å². The van der Waals surface area contributed by atoms with E-state index in [2.05, 4.69) is 0 Å². The molecule has 4 aliphatic carbocycles. The van der Waals surface area contributed by atoms with Crippen LogP contribution < -0.4 is 5.73 Å². The Hall–Kier alpha value is -0.490. The van der Waals surface area contributed by atoms with E-state index >= 15 is 0 Å². The Morgan fingerprint density at radius 1 is 1.12 bits per heavy atom. The molecule has 0 aromatic rings. The lowest BCUT2D eigenvalue weighted by molar-refractivity contribution is -0.285. The van der Waals surface area contributed by atoms with Gasteiger partial charge in [0.2, 0.25) is 5.91 Å². The van der Waals surface area contributed by atoms with Gasteiger partial charge in [-0.25, -0.2) is 0 Å². The molecule has 5 fully saturated rings. The monoisotopic (exact) mass is 394 g/mol. The van der Waals surface area contributed by atoms with Crippen LogP contribution in [-0.2, 0) is 4.79 Å². The lowest BCUT2D eigenvalue weighted by Crippen LogP contribution is -2.64. The third kappa shape index (κ3) is 2.86. The van der Waals surface area contributed by atoms with E-state index < -0.39 is 17.0 Å². The number of halogens is 4. The SMILES string of the molecule is CC1(C)CN(C(=O)C23CC4CC(C2)CC(C(F)(F)F)(C4)C3)CCC1N.Cl. The maximum atomic E-state index is 13.9. The second-order valence-corrected chi connectivity index (χ2v) is 10.1. The van der Waals surface area contributed by atoms with Crippen molar-refractivity contribution in [3.63, 3.8) is 0 Å². The first-order chi connectivity index (χ1) is 11.5. The van der Waals surface area contributed by atoms with Gasteiger partial charge in [0.1, 0.15) is 0 Å². The number of piperidine rings is 1. The van der Waals surface area contributed by atoms with Gasteiger partial charge < -0.3 is 10.6 Å². The van der Waals surface area contributed by atoms with Crippen LogP contribution in [0.5, 0.6) is 0 Å². The quantitative estimate of drug-likeness (QED) is 0.726. The number of hydrogen-bond donors (Lipinski definition) is 1. The van der Waals surface area contributed by atoms with E-state index in [1.165, 1.54) is 0 Å². The van der Waals surface area contributed by atoms with Gasteiger partial charge in [0, 0.05) is 19.1 Å². The molecule has 150 valence electrons. The third-order valence-corrected chi connectivity index (χ3v) is 7.72. The fraction of sp³-hybridized carbons (Fsp3) is 0.947. The van der Waals surface area contributed by atoms with Crippen molar-refractivity contribution in [2.24, 2.45) is 33.8 Å². The number of alkyl halides is 3. The third-order valence-electron chi connectivity index (χ3n) is 7.72.